The average Bonchev–Trinajstić information content (AvgIpc) is 2.61. The largest absolute Gasteiger partial charge is 0.461 e. The molecule has 1 aromatic rings. The minimum atomic E-state index is -1.31. The Kier molecular flexibility index (Phi) is 2.88. The molecule has 0 spiro atoms. The minimum Gasteiger partial charge on any atom is -0.461 e. The van der Waals surface area contributed by atoms with E-state index < -0.39 is 29.5 Å². The van der Waals surface area contributed by atoms with Crippen molar-refractivity contribution in [2.75, 3.05) is 13.2 Å². The van der Waals surface area contributed by atoms with Crippen molar-refractivity contribution in [2.45, 2.75) is 24.9 Å². The summed E-state index contributed by atoms with van der Waals surface area (Å²) in [4.78, 5) is 17.6. The van der Waals surface area contributed by atoms with Gasteiger partial charge in [0.25, 0.3) is 5.56 Å². The number of azide groups is 1. The molecule has 0 saturated carbocycles. The molecule has 1 aromatic heterocycles. The Hall–Kier alpha value is -2.12. The molecule has 2 aliphatic heterocycles. The molecule has 1 saturated heterocycles. The number of aromatic nitrogens is 2. The van der Waals surface area contributed by atoms with E-state index in [1.807, 2.05) is 0 Å². The van der Waals surface area contributed by atoms with Crippen LogP contribution in [0, 0.1) is 5.92 Å². The van der Waals surface area contributed by atoms with E-state index in [4.69, 9.17) is 15.0 Å². The van der Waals surface area contributed by atoms with E-state index in [1.54, 1.807) is 6.92 Å². The summed E-state index contributed by atoms with van der Waals surface area (Å²) < 4.78 is 27.0. The van der Waals surface area contributed by atoms with Crippen LogP contribution in [-0.4, -0.2) is 34.5 Å². The van der Waals surface area contributed by atoms with E-state index in [1.165, 1.54) is 16.8 Å². The van der Waals surface area contributed by atoms with Crippen LogP contribution < -0.4 is 10.3 Å². The maximum Gasteiger partial charge on any atom is 0.302 e. The van der Waals surface area contributed by atoms with E-state index in [-0.39, 0.29) is 19.2 Å². The lowest BCUT2D eigenvalue weighted by molar-refractivity contribution is -0.0840. The van der Waals surface area contributed by atoms with Gasteiger partial charge in [-0.2, -0.15) is 4.98 Å². The Bertz CT molecular complexity index is 643. The van der Waals surface area contributed by atoms with Crippen LogP contribution in [0.1, 0.15) is 13.2 Å². The molecule has 2 aliphatic rings. The second-order valence-corrected chi connectivity index (χ2v) is 4.94. The van der Waals surface area contributed by atoms with Gasteiger partial charge in [-0.1, -0.05) is 12.0 Å². The van der Waals surface area contributed by atoms with E-state index in [0.29, 0.717) is 0 Å². The summed E-state index contributed by atoms with van der Waals surface area (Å²) in [6, 6.07) is 1.23. The summed E-state index contributed by atoms with van der Waals surface area (Å²) in [5.41, 5.74) is 6.94. The third-order valence-corrected chi connectivity index (χ3v) is 3.86. The molecule has 0 aliphatic carbocycles. The SMILES string of the molecule is C[C@H]1[C@H](F)[C@H]2O[C@]1(CN=[N+]=[N-])COc1nc(=O)ccn12. The van der Waals surface area contributed by atoms with E-state index in [2.05, 4.69) is 15.0 Å². The molecular formula is C11H12FN5O3. The van der Waals surface area contributed by atoms with Gasteiger partial charge in [0.15, 0.2) is 12.4 Å². The topological polar surface area (TPSA) is 102 Å². The second kappa shape index (κ2) is 4.46. The van der Waals surface area contributed by atoms with Crippen LogP contribution in [0.4, 0.5) is 4.39 Å². The number of alkyl halides is 1. The smallest absolute Gasteiger partial charge is 0.302 e. The van der Waals surface area contributed by atoms with Crippen molar-refractivity contribution in [1.82, 2.24) is 9.55 Å². The first-order valence-electron chi connectivity index (χ1n) is 6.12. The summed E-state index contributed by atoms with van der Waals surface area (Å²) in [6.07, 6.45) is -0.857. The molecule has 2 bridgehead atoms. The maximum atomic E-state index is 14.5. The Balaban J connectivity index is 2.06. The van der Waals surface area contributed by atoms with Crippen LogP contribution in [0.2, 0.25) is 0 Å². The standard InChI is InChI=1S/C11H12FN5O3/c1-6-8(12)9-17-3-2-7(18)15-10(17)19-5-11(6,20-9)4-14-16-13/h2-3,6,8-9H,4-5H2,1H3/t6-,8-,9+,11+/m0/s1. The first-order valence-corrected chi connectivity index (χ1v) is 6.12. The van der Waals surface area contributed by atoms with Crippen LogP contribution in [0.5, 0.6) is 6.01 Å². The fraction of sp³-hybridized carbons (Fsp3) is 0.636. The van der Waals surface area contributed by atoms with Gasteiger partial charge in [-0.3, -0.25) is 9.36 Å². The van der Waals surface area contributed by atoms with Crippen LogP contribution in [0.25, 0.3) is 10.4 Å². The number of fused-ring (bicyclic) bond motifs is 4. The lowest BCUT2D eigenvalue weighted by atomic mass is 9.88. The Morgan fingerprint density at radius 1 is 1.75 bits per heavy atom. The summed E-state index contributed by atoms with van der Waals surface area (Å²) in [6.45, 7) is 1.61. The van der Waals surface area contributed by atoms with Gasteiger partial charge < -0.3 is 9.47 Å². The fourth-order valence-corrected chi connectivity index (χ4v) is 2.59. The molecule has 1 fully saturated rings. The predicted molar refractivity (Wildman–Crippen MR) is 64.9 cm³/mol. The Morgan fingerprint density at radius 3 is 3.30 bits per heavy atom. The van der Waals surface area contributed by atoms with Gasteiger partial charge in [0.2, 0.25) is 0 Å². The van der Waals surface area contributed by atoms with Crippen molar-refractivity contribution >= 4 is 0 Å². The molecule has 9 heteroatoms. The molecular weight excluding hydrogens is 269 g/mol. The van der Waals surface area contributed by atoms with Gasteiger partial charge in [-0.15, -0.1) is 0 Å². The molecule has 3 heterocycles. The normalized spacial score (nSPS) is 34.6. The zero-order chi connectivity index (χ0) is 14.3. The van der Waals surface area contributed by atoms with Crippen LogP contribution in [0.3, 0.4) is 0 Å². The Labute approximate surface area is 112 Å². The van der Waals surface area contributed by atoms with Crippen molar-refractivity contribution in [3.63, 3.8) is 0 Å². The van der Waals surface area contributed by atoms with Gasteiger partial charge in [-0.05, 0) is 5.53 Å². The Morgan fingerprint density at radius 2 is 2.55 bits per heavy atom. The third kappa shape index (κ3) is 1.75. The van der Waals surface area contributed by atoms with Crippen molar-refractivity contribution in [1.29, 1.82) is 0 Å². The molecule has 0 N–H and O–H groups in total. The fourth-order valence-electron chi connectivity index (χ4n) is 2.59. The molecule has 3 rings (SSSR count). The maximum absolute atomic E-state index is 14.5. The zero-order valence-corrected chi connectivity index (χ0v) is 10.6. The highest BCUT2D eigenvalue weighted by Gasteiger charge is 2.56. The predicted octanol–water partition coefficient (Wildman–Crippen LogP) is 1.19. The number of rotatable bonds is 2. The highest BCUT2D eigenvalue weighted by Crippen LogP contribution is 2.46. The van der Waals surface area contributed by atoms with Gasteiger partial charge in [0.1, 0.15) is 12.2 Å². The first-order chi connectivity index (χ1) is 9.57. The number of hydrogen-bond donors (Lipinski definition) is 0. The van der Waals surface area contributed by atoms with Crippen molar-refractivity contribution in [3.05, 3.63) is 33.1 Å². The number of nitrogens with zero attached hydrogens (tertiary/aromatic N) is 5. The number of halogens is 1. The van der Waals surface area contributed by atoms with Gasteiger partial charge in [-0.25, -0.2) is 4.39 Å². The van der Waals surface area contributed by atoms with Crippen molar-refractivity contribution in [2.24, 2.45) is 11.0 Å². The monoisotopic (exact) mass is 281 g/mol. The number of ether oxygens (including phenoxy) is 2. The van der Waals surface area contributed by atoms with Crippen LogP contribution in [-0.2, 0) is 4.74 Å². The average molecular weight is 281 g/mol. The van der Waals surface area contributed by atoms with Gasteiger partial charge in [0, 0.05) is 23.1 Å². The first kappa shape index (κ1) is 12.9. The van der Waals surface area contributed by atoms with Crippen LogP contribution >= 0.6 is 0 Å². The highest BCUT2D eigenvalue weighted by molar-refractivity contribution is 5.10. The third-order valence-electron chi connectivity index (χ3n) is 3.86. The minimum absolute atomic E-state index is 0.0138. The summed E-state index contributed by atoms with van der Waals surface area (Å²) in [5.74, 6) is -0.509. The van der Waals surface area contributed by atoms with E-state index in [0.717, 1.165) is 0 Å². The molecule has 4 atom stereocenters. The number of hydrogen-bond acceptors (Lipinski definition) is 5. The highest BCUT2D eigenvalue weighted by atomic mass is 19.1. The summed E-state index contributed by atoms with van der Waals surface area (Å²) >= 11 is 0. The molecule has 0 amide bonds. The molecule has 0 radical (unpaired) electrons. The van der Waals surface area contributed by atoms with E-state index >= 15 is 0 Å². The molecule has 0 unspecified atom stereocenters. The second-order valence-electron chi connectivity index (χ2n) is 4.94. The van der Waals surface area contributed by atoms with Crippen LogP contribution in [0.15, 0.2) is 22.2 Å². The summed E-state index contributed by atoms with van der Waals surface area (Å²) in [7, 11) is 0. The zero-order valence-electron chi connectivity index (χ0n) is 10.6. The summed E-state index contributed by atoms with van der Waals surface area (Å²) in [5, 5.41) is 3.49. The van der Waals surface area contributed by atoms with Gasteiger partial charge >= 0.3 is 6.01 Å². The molecule has 106 valence electrons. The molecule has 8 nitrogen and oxygen atoms in total. The van der Waals surface area contributed by atoms with Gasteiger partial charge in [0.05, 0.1) is 6.54 Å². The van der Waals surface area contributed by atoms with Crippen molar-refractivity contribution < 1.29 is 13.9 Å². The van der Waals surface area contributed by atoms with Crippen molar-refractivity contribution in [3.8, 4) is 6.01 Å². The van der Waals surface area contributed by atoms with E-state index in [9.17, 15) is 9.18 Å². The lowest BCUT2D eigenvalue weighted by Crippen LogP contribution is -2.45. The molecule has 20 heavy (non-hydrogen) atoms. The quantitative estimate of drug-likeness (QED) is 0.461. The lowest BCUT2D eigenvalue weighted by Gasteiger charge is -2.29. The molecule has 0 aromatic carbocycles.